The molecule has 0 aliphatic carbocycles. The lowest BCUT2D eigenvalue weighted by Gasteiger charge is -2.23. The predicted octanol–water partition coefficient (Wildman–Crippen LogP) is 4.94. The Labute approximate surface area is 240 Å². The third kappa shape index (κ3) is 11.0. The number of rotatable bonds is 4. The zero-order chi connectivity index (χ0) is 28.8. The van der Waals surface area contributed by atoms with Crippen molar-refractivity contribution in [1.82, 2.24) is 15.1 Å². The fourth-order valence-corrected chi connectivity index (χ4v) is 4.70. The van der Waals surface area contributed by atoms with Gasteiger partial charge in [0, 0.05) is 41.7 Å². The Morgan fingerprint density at radius 1 is 0.974 bits per heavy atom. The summed E-state index contributed by atoms with van der Waals surface area (Å²) < 4.78 is 0. The first-order valence-electron chi connectivity index (χ1n) is 12.8. The van der Waals surface area contributed by atoms with Gasteiger partial charge < -0.3 is 15.5 Å². The SMILES string of the molecule is C#C.Cc1cccc(N=C(N)NC(=O)c2cc(Cl)cc(Cl)c2)c1.O=C(CN1CCCCCC1=O)N1CCCC1. The van der Waals surface area contributed by atoms with Crippen molar-refractivity contribution >= 4 is 52.6 Å². The molecule has 3 N–H and O–H groups in total. The molecule has 0 atom stereocenters. The molecule has 2 heterocycles. The topological polar surface area (TPSA) is 108 Å². The van der Waals surface area contributed by atoms with E-state index in [1.807, 2.05) is 30.0 Å². The molecule has 39 heavy (non-hydrogen) atoms. The number of benzene rings is 2. The van der Waals surface area contributed by atoms with E-state index in [9.17, 15) is 14.4 Å². The van der Waals surface area contributed by atoms with Crippen LogP contribution in [0.2, 0.25) is 10.0 Å². The van der Waals surface area contributed by atoms with Gasteiger partial charge in [0.2, 0.25) is 17.8 Å². The van der Waals surface area contributed by atoms with Crippen molar-refractivity contribution in [1.29, 1.82) is 0 Å². The second kappa shape index (κ2) is 16.4. The molecule has 0 unspecified atom stereocenters. The maximum Gasteiger partial charge on any atom is 0.258 e. The van der Waals surface area contributed by atoms with E-state index >= 15 is 0 Å². The average Bonchev–Trinajstić information content (AvgIpc) is 3.36. The van der Waals surface area contributed by atoms with E-state index in [0.29, 0.717) is 34.3 Å². The predicted molar refractivity (Wildman–Crippen MR) is 157 cm³/mol. The van der Waals surface area contributed by atoms with E-state index in [4.69, 9.17) is 28.9 Å². The summed E-state index contributed by atoms with van der Waals surface area (Å²) in [5.74, 6) is -0.132. The molecule has 2 aliphatic heterocycles. The van der Waals surface area contributed by atoms with Crippen LogP contribution in [0.25, 0.3) is 0 Å². The van der Waals surface area contributed by atoms with Crippen molar-refractivity contribution in [3.8, 4) is 12.8 Å². The van der Waals surface area contributed by atoms with Crippen LogP contribution in [0.5, 0.6) is 0 Å². The Kier molecular flexibility index (Phi) is 13.3. The number of hydrogen-bond donors (Lipinski definition) is 2. The van der Waals surface area contributed by atoms with Gasteiger partial charge in [-0.3, -0.25) is 19.7 Å². The largest absolute Gasteiger partial charge is 0.369 e. The number of aliphatic imine (C=N–C) groups is 1. The van der Waals surface area contributed by atoms with Gasteiger partial charge in [-0.25, -0.2) is 4.99 Å². The highest BCUT2D eigenvalue weighted by atomic mass is 35.5. The molecule has 4 rings (SSSR count). The van der Waals surface area contributed by atoms with Crippen LogP contribution in [0.15, 0.2) is 47.5 Å². The van der Waals surface area contributed by atoms with Crippen molar-refractivity contribution in [2.75, 3.05) is 26.2 Å². The van der Waals surface area contributed by atoms with Gasteiger partial charge in [-0.05, 0) is 68.5 Å². The van der Waals surface area contributed by atoms with Crippen LogP contribution < -0.4 is 11.1 Å². The molecule has 2 aromatic carbocycles. The fourth-order valence-electron chi connectivity index (χ4n) is 4.17. The number of nitrogens with zero attached hydrogens (tertiary/aromatic N) is 3. The summed E-state index contributed by atoms with van der Waals surface area (Å²) in [5.41, 5.74) is 7.75. The molecular formula is C29H35Cl2N5O3. The van der Waals surface area contributed by atoms with Gasteiger partial charge in [0.1, 0.15) is 0 Å². The van der Waals surface area contributed by atoms with Crippen molar-refractivity contribution in [2.24, 2.45) is 10.7 Å². The van der Waals surface area contributed by atoms with Gasteiger partial charge in [0.25, 0.3) is 5.91 Å². The molecular weight excluding hydrogens is 537 g/mol. The summed E-state index contributed by atoms with van der Waals surface area (Å²) in [6, 6.07) is 12.0. The molecule has 10 heteroatoms. The Bertz CT molecular complexity index is 1170. The van der Waals surface area contributed by atoms with Crippen molar-refractivity contribution in [2.45, 2.75) is 45.4 Å². The van der Waals surface area contributed by atoms with Crippen molar-refractivity contribution in [3.05, 3.63) is 63.6 Å². The smallest absolute Gasteiger partial charge is 0.258 e. The highest BCUT2D eigenvalue weighted by molar-refractivity contribution is 6.35. The van der Waals surface area contributed by atoms with Gasteiger partial charge in [0.15, 0.2) is 0 Å². The molecule has 2 fully saturated rings. The van der Waals surface area contributed by atoms with E-state index in [1.54, 1.807) is 17.0 Å². The van der Waals surface area contributed by atoms with E-state index < -0.39 is 5.91 Å². The molecule has 0 aromatic heterocycles. The molecule has 0 bridgehead atoms. The summed E-state index contributed by atoms with van der Waals surface area (Å²) in [7, 11) is 0. The monoisotopic (exact) mass is 571 g/mol. The Hall–Kier alpha value is -3.54. The highest BCUT2D eigenvalue weighted by Crippen LogP contribution is 2.19. The maximum atomic E-state index is 12.0. The van der Waals surface area contributed by atoms with E-state index in [1.165, 1.54) is 12.1 Å². The van der Waals surface area contributed by atoms with Crippen LogP contribution in [0.1, 0.15) is 54.4 Å². The lowest BCUT2D eigenvalue weighted by molar-refractivity contribution is -0.139. The Morgan fingerprint density at radius 3 is 2.26 bits per heavy atom. The normalized spacial score (nSPS) is 15.3. The summed E-state index contributed by atoms with van der Waals surface area (Å²) in [6.45, 7) is 4.76. The molecule has 2 saturated heterocycles. The maximum absolute atomic E-state index is 12.0. The second-order valence-electron chi connectivity index (χ2n) is 9.16. The van der Waals surface area contributed by atoms with E-state index in [2.05, 4.69) is 23.2 Å². The van der Waals surface area contributed by atoms with Gasteiger partial charge >= 0.3 is 0 Å². The van der Waals surface area contributed by atoms with Crippen LogP contribution in [0.3, 0.4) is 0 Å². The molecule has 8 nitrogen and oxygen atoms in total. The van der Waals surface area contributed by atoms with E-state index in [-0.39, 0.29) is 17.8 Å². The van der Waals surface area contributed by atoms with Gasteiger partial charge in [-0.15, -0.1) is 12.8 Å². The van der Waals surface area contributed by atoms with Crippen LogP contribution in [-0.4, -0.2) is 59.7 Å². The lowest BCUT2D eigenvalue weighted by atomic mass is 10.2. The molecule has 3 amide bonds. The number of nitrogens with one attached hydrogen (secondary N) is 1. The first-order chi connectivity index (χ1) is 18.7. The zero-order valence-corrected chi connectivity index (χ0v) is 23.7. The molecule has 0 saturated carbocycles. The fraction of sp³-hybridized carbons (Fsp3) is 0.379. The summed E-state index contributed by atoms with van der Waals surface area (Å²) >= 11 is 11.7. The Balaban J connectivity index is 0.000000265. The first-order valence-corrected chi connectivity index (χ1v) is 13.5. The first kappa shape index (κ1) is 31.7. The average molecular weight is 573 g/mol. The number of aryl methyl sites for hydroxylation is 1. The minimum Gasteiger partial charge on any atom is -0.369 e. The number of guanidine groups is 1. The molecule has 0 spiro atoms. The van der Waals surface area contributed by atoms with Crippen molar-refractivity contribution in [3.63, 3.8) is 0 Å². The van der Waals surface area contributed by atoms with Crippen LogP contribution in [0, 0.1) is 19.8 Å². The lowest BCUT2D eigenvalue weighted by Crippen LogP contribution is -2.41. The minimum atomic E-state index is -0.423. The number of carbonyl (C=O) groups is 3. The minimum absolute atomic E-state index is 0.00157. The molecule has 2 aliphatic rings. The van der Waals surface area contributed by atoms with Crippen LogP contribution in [0.4, 0.5) is 5.69 Å². The third-order valence-corrected chi connectivity index (χ3v) is 6.51. The number of halogens is 2. The quantitative estimate of drug-likeness (QED) is 0.308. The van der Waals surface area contributed by atoms with Crippen LogP contribution >= 0.6 is 23.2 Å². The number of nitrogens with two attached hydrogens (primary N) is 1. The summed E-state index contributed by atoms with van der Waals surface area (Å²) in [4.78, 5) is 43.4. The number of hydrogen-bond acceptors (Lipinski definition) is 4. The standard InChI is InChI=1S/C15H13Cl2N3O.C12H20N2O2.C2H2/c1-9-3-2-4-13(5-9)19-15(18)20-14(21)10-6-11(16)8-12(17)7-10;15-11-6-2-1-3-9-14(11)10-12(16)13-7-4-5-8-13;1-2/h2-8H,1H3,(H3,18,19,20,21);1-10H2;1-2H. The van der Waals surface area contributed by atoms with Gasteiger partial charge in [-0.1, -0.05) is 41.8 Å². The molecule has 208 valence electrons. The molecule has 2 aromatic rings. The summed E-state index contributed by atoms with van der Waals surface area (Å²) in [6.07, 6.45) is 14.0. The second-order valence-corrected chi connectivity index (χ2v) is 10.0. The third-order valence-electron chi connectivity index (χ3n) is 6.07. The Morgan fingerprint density at radius 2 is 1.62 bits per heavy atom. The van der Waals surface area contributed by atoms with Crippen molar-refractivity contribution < 1.29 is 14.4 Å². The van der Waals surface area contributed by atoms with Gasteiger partial charge in [-0.2, -0.15) is 0 Å². The highest BCUT2D eigenvalue weighted by Gasteiger charge is 2.23. The zero-order valence-electron chi connectivity index (χ0n) is 22.2. The van der Waals surface area contributed by atoms with E-state index in [0.717, 1.165) is 57.3 Å². The number of carbonyl (C=O) groups excluding carboxylic acids is 3. The number of terminal acetylenes is 1. The summed E-state index contributed by atoms with van der Waals surface area (Å²) in [5, 5.41) is 3.24. The van der Waals surface area contributed by atoms with Gasteiger partial charge in [0.05, 0.1) is 12.2 Å². The number of amides is 3. The number of likely N-dealkylation sites (tertiary alicyclic amines) is 2. The van der Waals surface area contributed by atoms with Crippen LogP contribution in [-0.2, 0) is 9.59 Å². The molecule has 0 radical (unpaired) electrons.